The van der Waals surface area contributed by atoms with Gasteiger partial charge >= 0.3 is 0 Å². The summed E-state index contributed by atoms with van der Waals surface area (Å²) >= 11 is 5.68. The van der Waals surface area contributed by atoms with Crippen molar-refractivity contribution in [2.24, 2.45) is 11.7 Å². The summed E-state index contributed by atoms with van der Waals surface area (Å²) in [5.41, 5.74) is 5.20. The number of benzene rings is 1. The van der Waals surface area contributed by atoms with E-state index in [0.717, 1.165) is 48.2 Å². The monoisotopic (exact) mass is 376 g/mol. The van der Waals surface area contributed by atoms with Gasteiger partial charge in [0, 0.05) is 6.54 Å². The fourth-order valence-corrected chi connectivity index (χ4v) is 4.74. The number of sulfonamides is 1. The van der Waals surface area contributed by atoms with E-state index in [9.17, 15) is 17.6 Å². The number of hydrogen-bond donors (Lipinski definition) is 1. The molecule has 134 valence electrons. The lowest BCUT2D eigenvalue weighted by atomic mass is 9.87. The number of rotatable bonds is 7. The summed E-state index contributed by atoms with van der Waals surface area (Å²) in [6, 6.07) is 3.20. The van der Waals surface area contributed by atoms with E-state index >= 15 is 0 Å². The number of amides is 1. The van der Waals surface area contributed by atoms with Crippen LogP contribution in [0, 0.1) is 11.7 Å². The van der Waals surface area contributed by atoms with Crippen LogP contribution in [-0.2, 0) is 14.8 Å². The molecule has 0 aromatic heterocycles. The van der Waals surface area contributed by atoms with Crippen molar-refractivity contribution in [3.63, 3.8) is 0 Å². The molecule has 1 aromatic rings. The molecule has 8 heteroatoms. The molecule has 0 spiro atoms. The van der Waals surface area contributed by atoms with E-state index in [4.69, 9.17) is 17.3 Å². The van der Waals surface area contributed by atoms with Crippen molar-refractivity contribution in [2.75, 3.05) is 13.1 Å². The molecule has 1 saturated carbocycles. The Labute approximate surface area is 147 Å². The summed E-state index contributed by atoms with van der Waals surface area (Å²) in [5.74, 6) is -0.962. The van der Waals surface area contributed by atoms with Crippen molar-refractivity contribution in [3.05, 3.63) is 29.0 Å². The summed E-state index contributed by atoms with van der Waals surface area (Å²) in [6.45, 7) is -0.186. The maximum Gasteiger partial charge on any atom is 0.243 e. The van der Waals surface area contributed by atoms with Gasteiger partial charge in [-0.3, -0.25) is 4.79 Å². The van der Waals surface area contributed by atoms with Gasteiger partial charge in [-0.1, -0.05) is 43.7 Å². The molecular weight excluding hydrogens is 355 g/mol. The highest BCUT2D eigenvalue weighted by Gasteiger charge is 2.27. The minimum absolute atomic E-state index is 0.140. The quantitative estimate of drug-likeness (QED) is 0.794. The molecule has 0 radical (unpaired) electrons. The molecule has 1 aliphatic carbocycles. The first kappa shape index (κ1) is 19.1. The standard InChI is InChI=1S/C16H22ClFN2O3S/c17-14-10-13(6-7-15(14)18)24(22,23)20(11-16(19)21)9-8-12-4-2-1-3-5-12/h6-7,10,12H,1-5,8-9,11H2,(H2,19,21). The van der Waals surface area contributed by atoms with Gasteiger partial charge in [0.25, 0.3) is 0 Å². The van der Waals surface area contributed by atoms with Crippen molar-refractivity contribution >= 4 is 27.5 Å². The molecule has 2 N–H and O–H groups in total. The molecular formula is C16H22ClFN2O3S. The largest absolute Gasteiger partial charge is 0.369 e. The molecule has 24 heavy (non-hydrogen) atoms. The van der Waals surface area contributed by atoms with Gasteiger partial charge in [0.15, 0.2) is 0 Å². The number of nitrogens with zero attached hydrogens (tertiary/aromatic N) is 1. The average molecular weight is 377 g/mol. The van der Waals surface area contributed by atoms with E-state index in [1.165, 1.54) is 6.42 Å². The Hall–Kier alpha value is -1.18. The lowest BCUT2D eigenvalue weighted by molar-refractivity contribution is -0.118. The van der Waals surface area contributed by atoms with Crippen LogP contribution in [0.4, 0.5) is 4.39 Å². The molecule has 0 bridgehead atoms. The SMILES string of the molecule is NC(=O)CN(CCC1CCCCC1)S(=O)(=O)c1ccc(F)c(Cl)c1. The third-order valence-electron chi connectivity index (χ3n) is 4.37. The molecule has 1 aromatic carbocycles. The maximum absolute atomic E-state index is 13.3. The van der Waals surface area contributed by atoms with Gasteiger partial charge in [-0.2, -0.15) is 4.31 Å². The third-order valence-corrected chi connectivity index (χ3v) is 6.50. The summed E-state index contributed by atoms with van der Waals surface area (Å²) in [6.07, 6.45) is 6.36. The van der Waals surface area contributed by atoms with Crippen LogP contribution in [0.2, 0.25) is 5.02 Å². The van der Waals surface area contributed by atoms with Crippen molar-refractivity contribution in [1.29, 1.82) is 0 Å². The van der Waals surface area contributed by atoms with Crippen molar-refractivity contribution in [2.45, 2.75) is 43.4 Å². The average Bonchev–Trinajstić information content (AvgIpc) is 2.54. The predicted molar refractivity (Wildman–Crippen MR) is 90.6 cm³/mol. The molecule has 0 aliphatic heterocycles. The summed E-state index contributed by atoms with van der Waals surface area (Å²) in [4.78, 5) is 11.1. The van der Waals surface area contributed by atoms with Crippen LogP contribution >= 0.6 is 11.6 Å². The van der Waals surface area contributed by atoms with Crippen LogP contribution in [0.25, 0.3) is 0 Å². The molecule has 0 atom stereocenters. The Morgan fingerprint density at radius 3 is 2.54 bits per heavy atom. The van der Waals surface area contributed by atoms with E-state index < -0.39 is 28.3 Å². The van der Waals surface area contributed by atoms with Gasteiger partial charge < -0.3 is 5.73 Å². The zero-order valence-corrected chi connectivity index (χ0v) is 15.0. The molecule has 5 nitrogen and oxygen atoms in total. The molecule has 2 rings (SSSR count). The van der Waals surface area contributed by atoms with Gasteiger partial charge in [-0.05, 0) is 30.5 Å². The summed E-state index contributed by atoms with van der Waals surface area (Å²) in [5, 5.41) is -0.276. The van der Waals surface area contributed by atoms with E-state index in [1.807, 2.05) is 0 Å². The van der Waals surface area contributed by atoms with E-state index in [-0.39, 0.29) is 16.5 Å². The van der Waals surface area contributed by atoms with Gasteiger partial charge in [0.1, 0.15) is 5.82 Å². The highest BCUT2D eigenvalue weighted by molar-refractivity contribution is 7.89. The van der Waals surface area contributed by atoms with Gasteiger partial charge in [-0.25, -0.2) is 12.8 Å². The molecule has 0 heterocycles. The first-order valence-corrected chi connectivity index (χ1v) is 9.86. The molecule has 0 unspecified atom stereocenters. The lowest BCUT2D eigenvalue weighted by Gasteiger charge is -2.26. The summed E-state index contributed by atoms with van der Waals surface area (Å²) < 4.78 is 39.8. The Balaban J connectivity index is 2.17. The maximum atomic E-state index is 13.3. The molecule has 1 amide bonds. The zero-order valence-electron chi connectivity index (χ0n) is 13.4. The van der Waals surface area contributed by atoms with Crippen LogP contribution in [-0.4, -0.2) is 31.7 Å². The first-order chi connectivity index (χ1) is 11.3. The fourth-order valence-electron chi connectivity index (χ4n) is 3.05. The van der Waals surface area contributed by atoms with Crippen molar-refractivity contribution < 1.29 is 17.6 Å². The first-order valence-electron chi connectivity index (χ1n) is 8.04. The van der Waals surface area contributed by atoms with Crippen LogP contribution in [0.1, 0.15) is 38.5 Å². The zero-order chi connectivity index (χ0) is 17.7. The van der Waals surface area contributed by atoms with Crippen molar-refractivity contribution in [1.82, 2.24) is 4.31 Å². The van der Waals surface area contributed by atoms with E-state index in [1.54, 1.807) is 0 Å². The number of carbonyl (C=O) groups is 1. The number of nitrogens with two attached hydrogens (primary N) is 1. The van der Waals surface area contributed by atoms with E-state index in [2.05, 4.69) is 0 Å². The van der Waals surface area contributed by atoms with Crippen LogP contribution in [0.3, 0.4) is 0 Å². The topological polar surface area (TPSA) is 80.5 Å². The smallest absolute Gasteiger partial charge is 0.243 e. The Morgan fingerprint density at radius 1 is 1.29 bits per heavy atom. The molecule has 1 aliphatic rings. The molecule has 0 saturated heterocycles. The fraction of sp³-hybridized carbons (Fsp3) is 0.562. The minimum Gasteiger partial charge on any atom is -0.369 e. The third kappa shape index (κ3) is 4.91. The number of halogens is 2. The normalized spacial score (nSPS) is 16.5. The highest BCUT2D eigenvalue weighted by Crippen LogP contribution is 2.28. The predicted octanol–water partition coefficient (Wildman–Crippen LogP) is 2.93. The van der Waals surface area contributed by atoms with Crippen LogP contribution in [0.5, 0.6) is 0 Å². The number of hydrogen-bond acceptors (Lipinski definition) is 3. The number of carbonyl (C=O) groups excluding carboxylic acids is 1. The van der Waals surface area contributed by atoms with Gasteiger partial charge in [0.2, 0.25) is 15.9 Å². The van der Waals surface area contributed by atoms with Gasteiger partial charge in [-0.15, -0.1) is 0 Å². The van der Waals surface area contributed by atoms with E-state index in [0.29, 0.717) is 12.3 Å². The van der Waals surface area contributed by atoms with Gasteiger partial charge in [0.05, 0.1) is 16.5 Å². The second kappa shape index (κ2) is 8.27. The molecule has 1 fully saturated rings. The number of primary amides is 1. The Kier molecular flexibility index (Phi) is 6.60. The summed E-state index contributed by atoms with van der Waals surface area (Å²) in [7, 11) is -3.95. The van der Waals surface area contributed by atoms with Crippen LogP contribution < -0.4 is 5.73 Å². The minimum atomic E-state index is -3.95. The second-order valence-electron chi connectivity index (χ2n) is 6.17. The highest BCUT2D eigenvalue weighted by atomic mass is 35.5. The lowest BCUT2D eigenvalue weighted by Crippen LogP contribution is -2.39. The second-order valence-corrected chi connectivity index (χ2v) is 8.52. The van der Waals surface area contributed by atoms with Crippen molar-refractivity contribution in [3.8, 4) is 0 Å². The Morgan fingerprint density at radius 2 is 1.96 bits per heavy atom. The van der Waals surface area contributed by atoms with Crippen LogP contribution in [0.15, 0.2) is 23.1 Å². The Bertz CT molecular complexity index is 691.